The van der Waals surface area contributed by atoms with E-state index in [1.807, 2.05) is 24.3 Å². The number of hydrogen-bond acceptors (Lipinski definition) is 8. The quantitative estimate of drug-likeness (QED) is 0.244. The number of aromatic carboxylic acids is 1. The Morgan fingerprint density at radius 2 is 1.32 bits per heavy atom. The number of aromatic hydroxyl groups is 1. The molecule has 0 saturated heterocycles. The molecule has 3 aromatic carbocycles. The SMILES string of the molecule is Cc1ccc(N=Nc2ccc(-c3ccc(N=NC4=C(O)C(C(=O)O)C(C)C=C4)cc3)cc2)c(O)c1C(=O)O. The molecule has 0 radical (unpaired) electrons. The molecule has 38 heavy (non-hydrogen) atoms. The maximum Gasteiger partial charge on any atom is 0.339 e. The molecule has 1 aliphatic carbocycles. The number of aryl methyl sites for hydroxylation is 1. The van der Waals surface area contributed by atoms with E-state index < -0.39 is 23.6 Å². The van der Waals surface area contributed by atoms with Crippen molar-refractivity contribution in [2.45, 2.75) is 13.8 Å². The van der Waals surface area contributed by atoms with E-state index in [0.29, 0.717) is 16.9 Å². The monoisotopic (exact) mass is 512 g/mol. The fourth-order valence-electron chi connectivity index (χ4n) is 3.97. The van der Waals surface area contributed by atoms with Gasteiger partial charge in [-0.3, -0.25) is 4.79 Å². The van der Waals surface area contributed by atoms with Gasteiger partial charge in [-0.1, -0.05) is 43.3 Å². The number of rotatable bonds is 7. The van der Waals surface area contributed by atoms with Gasteiger partial charge in [-0.2, -0.15) is 10.2 Å². The third-order valence-corrected chi connectivity index (χ3v) is 6.10. The number of azo groups is 2. The van der Waals surface area contributed by atoms with Crippen molar-refractivity contribution in [3.63, 3.8) is 0 Å². The van der Waals surface area contributed by atoms with Crippen LogP contribution in [0.5, 0.6) is 5.75 Å². The van der Waals surface area contributed by atoms with Crippen LogP contribution in [0.4, 0.5) is 17.1 Å². The van der Waals surface area contributed by atoms with Crippen LogP contribution in [-0.2, 0) is 4.79 Å². The maximum absolute atomic E-state index is 11.4. The van der Waals surface area contributed by atoms with E-state index in [1.165, 1.54) is 6.07 Å². The van der Waals surface area contributed by atoms with Crippen LogP contribution < -0.4 is 0 Å². The van der Waals surface area contributed by atoms with Gasteiger partial charge < -0.3 is 20.4 Å². The van der Waals surface area contributed by atoms with Gasteiger partial charge >= 0.3 is 11.9 Å². The van der Waals surface area contributed by atoms with E-state index >= 15 is 0 Å². The second-order valence-corrected chi connectivity index (χ2v) is 8.73. The van der Waals surface area contributed by atoms with E-state index in [1.54, 1.807) is 56.3 Å². The van der Waals surface area contributed by atoms with Crippen LogP contribution >= 0.6 is 0 Å². The Morgan fingerprint density at radius 3 is 1.84 bits per heavy atom. The maximum atomic E-state index is 11.4. The molecule has 4 rings (SSSR count). The zero-order valence-corrected chi connectivity index (χ0v) is 20.5. The van der Waals surface area contributed by atoms with Crippen LogP contribution in [-0.4, -0.2) is 32.4 Å². The number of allylic oxidation sites excluding steroid dienone is 2. The van der Waals surface area contributed by atoms with Gasteiger partial charge in [0, 0.05) is 0 Å². The van der Waals surface area contributed by atoms with E-state index in [0.717, 1.165) is 11.1 Å². The molecule has 0 spiro atoms. The average Bonchev–Trinajstić information content (AvgIpc) is 2.88. The first-order valence-electron chi connectivity index (χ1n) is 11.6. The summed E-state index contributed by atoms with van der Waals surface area (Å²) in [6.45, 7) is 3.30. The molecule has 0 heterocycles. The third kappa shape index (κ3) is 5.49. The van der Waals surface area contributed by atoms with Crippen molar-refractivity contribution in [2.24, 2.45) is 32.3 Å². The number of aliphatic hydroxyl groups is 1. The highest BCUT2D eigenvalue weighted by molar-refractivity contribution is 5.94. The van der Waals surface area contributed by atoms with Crippen molar-refractivity contribution in [1.82, 2.24) is 0 Å². The molecule has 0 aliphatic heterocycles. The number of benzene rings is 3. The summed E-state index contributed by atoms with van der Waals surface area (Å²) >= 11 is 0. The molecular formula is C28H24N4O6. The van der Waals surface area contributed by atoms with Crippen LogP contribution in [0.25, 0.3) is 11.1 Å². The van der Waals surface area contributed by atoms with Gasteiger partial charge in [0.05, 0.1) is 11.4 Å². The number of phenols is 1. The highest BCUT2D eigenvalue weighted by atomic mass is 16.4. The minimum Gasteiger partial charge on any atom is -0.509 e. The zero-order valence-electron chi connectivity index (χ0n) is 20.5. The molecule has 0 fully saturated rings. The van der Waals surface area contributed by atoms with E-state index in [2.05, 4.69) is 20.5 Å². The predicted octanol–water partition coefficient (Wildman–Crippen LogP) is 7.24. The molecule has 1 aliphatic rings. The minimum atomic E-state index is -1.24. The summed E-state index contributed by atoms with van der Waals surface area (Å²) in [7, 11) is 0. The lowest BCUT2D eigenvalue weighted by Gasteiger charge is -2.20. The fraction of sp³-hybridized carbons (Fsp3) is 0.143. The Kier molecular flexibility index (Phi) is 7.43. The summed E-state index contributed by atoms with van der Waals surface area (Å²) < 4.78 is 0. The normalized spacial score (nSPS) is 17.4. The van der Waals surface area contributed by atoms with Gasteiger partial charge in [-0.15, -0.1) is 10.2 Å². The van der Waals surface area contributed by atoms with Crippen LogP contribution in [0.3, 0.4) is 0 Å². The number of aliphatic carboxylic acids is 1. The smallest absolute Gasteiger partial charge is 0.339 e. The lowest BCUT2D eigenvalue weighted by molar-refractivity contribution is -0.142. The van der Waals surface area contributed by atoms with Crippen molar-refractivity contribution >= 4 is 29.0 Å². The lowest BCUT2D eigenvalue weighted by atomic mass is 9.87. The summed E-state index contributed by atoms with van der Waals surface area (Å²) in [5.41, 5.74) is 3.22. The Hall–Kier alpha value is -5.12. The number of nitrogens with zero attached hydrogens (tertiary/aromatic N) is 4. The van der Waals surface area contributed by atoms with E-state index in [4.69, 9.17) is 0 Å². The van der Waals surface area contributed by atoms with Crippen molar-refractivity contribution < 1.29 is 30.0 Å². The van der Waals surface area contributed by atoms with Gasteiger partial charge in [0.1, 0.15) is 28.6 Å². The second kappa shape index (κ2) is 10.9. The molecule has 10 nitrogen and oxygen atoms in total. The Labute approximate surface area is 217 Å². The van der Waals surface area contributed by atoms with E-state index in [9.17, 15) is 30.0 Å². The first-order chi connectivity index (χ1) is 18.2. The number of hydrogen-bond donors (Lipinski definition) is 4. The predicted molar refractivity (Wildman–Crippen MR) is 139 cm³/mol. The molecule has 0 amide bonds. The summed E-state index contributed by atoms with van der Waals surface area (Å²) in [4.78, 5) is 22.8. The molecule has 192 valence electrons. The highest BCUT2D eigenvalue weighted by Gasteiger charge is 2.32. The van der Waals surface area contributed by atoms with Crippen molar-refractivity contribution in [2.75, 3.05) is 0 Å². The molecule has 0 aromatic heterocycles. The standard InChI is InChI=1S/C28H24N4O6/c1-15-3-13-21(25(33)23(15)27(35)36)31-29-19-9-5-17(6-10-19)18-7-11-20(12-8-18)30-32-22-14-4-16(2)24(26(22)34)28(37)38/h3-15,23,33-34H,1-2H3,(H,35,36)(H,37,38). The first-order valence-corrected chi connectivity index (χ1v) is 11.6. The topological polar surface area (TPSA) is 164 Å². The molecular weight excluding hydrogens is 488 g/mol. The Bertz CT molecular complexity index is 1510. The van der Waals surface area contributed by atoms with Gasteiger partial charge in [0.2, 0.25) is 0 Å². The summed E-state index contributed by atoms with van der Waals surface area (Å²) in [5.74, 6) is -4.51. The fourth-order valence-corrected chi connectivity index (χ4v) is 3.97. The zero-order chi connectivity index (χ0) is 27.4. The van der Waals surface area contributed by atoms with E-state index in [-0.39, 0.29) is 28.6 Å². The first kappa shape index (κ1) is 26.0. The number of carboxylic acid groups (broad SMARTS) is 2. The van der Waals surface area contributed by atoms with Gasteiger partial charge in [-0.25, -0.2) is 4.79 Å². The van der Waals surface area contributed by atoms with Crippen LogP contribution in [0.1, 0.15) is 22.8 Å². The second-order valence-electron chi connectivity index (χ2n) is 8.73. The van der Waals surface area contributed by atoms with Crippen molar-refractivity contribution in [3.8, 4) is 16.9 Å². The molecule has 2 unspecified atom stereocenters. The minimum absolute atomic E-state index is 0.0580. The lowest BCUT2D eigenvalue weighted by Crippen LogP contribution is -2.25. The van der Waals surface area contributed by atoms with Crippen LogP contribution in [0, 0.1) is 18.8 Å². The summed E-state index contributed by atoms with van der Waals surface area (Å²) in [6.07, 6.45) is 3.23. The molecule has 0 saturated carbocycles. The van der Waals surface area contributed by atoms with Gasteiger partial charge in [-0.05, 0) is 65.9 Å². The molecule has 2 atom stereocenters. The number of carbonyl (C=O) groups is 2. The number of carboxylic acids is 2. The molecule has 4 N–H and O–H groups in total. The molecule has 0 bridgehead atoms. The van der Waals surface area contributed by atoms with Gasteiger partial charge in [0.25, 0.3) is 0 Å². The molecule has 3 aromatic rings. The summed E-state index contributed by atoms with van der Waals surface area (Å²) in [6, 6.07) is 17.4. The van der Waals surface area contributed by atoms with Crippen LogP contribution in [0.2, 0.25) is 0 Å². The van der Waals surface area contributed by atoms with Crippen LogP contribution in [0.15, 0.2) is 105 Å². The molecule has 10 heteroatoms. The number of aliphatic hydroxyl groups excluding tert-OH is 1. The Morgan fingerprint density at radius 1 is 0.763 bits per heavy atom. The largest absolute Gasteiger partial charge is 0.509 e. The summed E-state index contributed by atoms with van der Waals surface area (Å²) in [5, 5.41) is 55.3. The third-order valence-electron chi connectivity index (χ3n) is 6.10. The van der Waals surface area contributed by atoms with Crippen molar-refractivity contribution in [3.05, 3.63) is 95.4 Å². The van der Waals surface area contributed by atoms with Gasteiger partial charge in [0.15, 0.2) is 5.75 Å². The van der Waals surface area contributed by atoms with Crippen molar-refractivity contribution in [1.29, 1.82) is 0 Å². The average molecular weight is 513 g/mol. The Balaban J connectivity index is 1.46. The highest BCUT2D eigenvalue weighted by Crippen LogP contribution is 2.34.